The van der Waals surface area contributed by atoms with Crippen molar-refractivity contribution in [3.8, 4) is 0 Å². The van der Waals surface area contributed by atoms with Crippen molar-refractivity contribution in [2.24, 2.45) is 0 Å². The average molecular weight is 274 g/mol. The van der Waals surface area contributed by atoms with Gasteiger partial charge in [0.15, 0.2) is 5.78 Å². The summed E-state index contributed by atoms with van der Waals surface area (Å²) in [6.45, 7) is 4.18. The molecule has 0 aliphatic carbocycles. The zero-order valence-corrected chi connectivity index (χ0v) is 11.7. The number of nitrogens with zero attached hydrogens (tertiary/aromatic N) is 2. The van der Waals surface area contributed by atoms with Gasteiger partial charge in [0.1, 0.15) is 5.82 Å². The molecule has 1 heterocycles. The molecule has 1 aromatic carbocycles. The van der Waals surface area contributed by atoms with E-state index in [4.69, 9.17) is 5.11 Å². The third kappa shape index (κ3) is 2.87. The highest BCUT2D eigenvalue weighted by atomic mass is 16.4. The van der Waals surface area contributed by atoms with Gasteiger partial charge in [0.25, 0.3) is 0 Å². The summed E-state index contributed by atoms with van der Waals surface area (Å²) in [6.07, 6.45) is 1.49. The van der Waals surface area contributed by atoms with E-state index in [0.29, 0.717) is 18.5 Å². The fourth-order valence-corrected chi connectivity index (χ4v) is 2.31. The van der Waals surface area contributed by atoms with Gasteiger partial charge < -0.3 is 9.67 Å². The number of aromatic nitrogens is 2. The van der Waals surface area contributed by atoms with Gasteiger partial charge in [-0.3, -0.25) is 9.59 Å². The fraction of sp³-hybridized carbons (Fsp3) is 0.400. The Morgan fingerprint density at radius 3 is 2.70 bits per heavy atom. The summed E-state index contributed by atoms with van der Waals surface area (Å²) < 4.78 is 2.04. The number of Topliss-reactive ketones (excluding diaryl/α,β-unsaturated/α-hetero) is 1. The third-order valence-electron chi connectivity index (χ3n) is 3.32. The molecule has 0 aliphatic heterocycles. The number of aliphatic carboxylic acids is 1. The Labute approximate surface area is 117 Å². The van der Waals surface area contributed by atoms with Crippen molar-refractivity contribution in [3.05, 3.63) is 29.6 Å². The van der Waals surface area contributed by atoms with Crippen molar-refractivity contribution in [1.29, 1.82) is 0 Å². The molecule has 1 N–H and O–H groups in total. The predicted molar refractivity (Wildman–Crippen MR) is 76.0 cm³/mol. The SMILES string of the molecule is CCc1nc2cc(C(C)=O)ccc2n1CCCC(=O)O. The molecule has 0 saturated carbocycles. The third-order valence-corrected chi connectivity index (χ3v) is 3.32. The molecule has 106 valence electrons. The van der Waals surface area contributed by atoms with E-state index in [1.807, 2.05) is 17.6 Å². The van der Waals surface area contributed by atoms with Gasteiger partial charge in [-0.2, -0.15) is 0 Å². The predicted octanol–water partition coefficient (Wildman–Crippen LogP) is 2.67. The molecule has 0 radical (unpaired) electrons. The van der Waals surface area contributed by atoms with Crippen LogP contribution in [0.25, 0.3) is 11.0 Å². The lowest BCUT2D eigenvalue weighted by atomic mass is 10.1. The first-order valence-electron chi connectivity index (χ1n) is 6.74. The number of carboxylic acid groups (broad SMARTS) is 1. The Morgan fingerprint density at radius 2 is 2.10 bits per heavy atom. The van der Waals surface area contributed by atoms with E-state index in [1.54, 1.807) is 12.1 Å². The van der Waals surface area contributed by atoms with Crippen LogP contribution in [0.4, 0.5) is 0 Å². The first-order valence-corrected chi connectivity index (χ1v) is 6.74. The highest BCUT2D eigenvalue weighted by molar-refractivity contribution is 5.97. The van der Waals surface area contributed by atoms with Crippen LogP contribution in [0.1, 0.15) is 42.9 Å². The van der Waals surface area contributed by atoms with E-state index in [1.165, 1.54) is 6.92 Å². The normalized spacial score (nSPS) is 10.9. The average Bonchev–Trinajstić information content (AvgIpc) is 2.75. The summed E-state index contributed by atoms with van der Waals surface area (Å²) in [5, 5.41) is 8.72. The molecule has 0 unspecified atom stereocenters. The Hall–Kier alpha value is -2.17. The monoisotopic (exact) mass is 274 g/mol. The van der Waals surface area contributed by atoms with E-state index in [0.717, 1.165) is 23.3 Å². The second-order valence-corrected chi connectivity index (χ2v) is 4.79. The maximum Gasteiger partial charge on any atom is 0.303 e. The van der Waals surface area contributed by atoms with Crippen molar-refractivity contribution in [3.63, 3.8) is 0 Å². The topological polar surface area (TPSA) is 72.2 Å². The minimum atomic E-state index is -0.786. The van der Waals surface area contributed by atoms with Crippen LogP contribution in [0.5, 0.6) is 0 Å². The second kappa shape index (κ2) is 5.86. The molecule has 2 rings (SSSR count). The molecule has 20 heavy (non-hydrogen) atoms. The highest BCUT2D eigenvalue weighted by Gasteiger charge is 2.11. The first-order chi connectivity index (χ1) is 9.52. The van der Waals surface area contributed by atoms with Crippen molar-refractivity contribution in [2.45, 2.75) is 39.7 Å². The van der Waals surface area contributed by atoms with Gasteiger partial charge in [0.2, 0.25) is 0 Å². The van der Waals surface area contributed by atoms with Crippen LogP contribution in [0.15, 0.2) is 18.2 Å². The van der Waals surface area contributed by atoms with Gasteiger partial charge in [-0.05, 0) is 31.5 Å². The van der Waals surface area contributed by atoms with Crippen LogP contribution in [0.3, 0.4) is 0 Å². The van der Waals surface area contributed by atoms with E-state index in [2.05, 4.69) is 4.98 Å². The molecule has 1 aromatic heterocycles. The van der Waals surface area contributed by atoms with Crippen molar-refractivity contribution in [1.82, 2.24) is 9.55 Å². The molecule has 0 amide bonds. The number of hydrogen-bond acceptors (Lipinski definition) is 3. The molecule has 5 nitrogen and oxygen atoms in total. The van der Waals surface area contributed by atoms with Gasteiger partial charge in [0, 0.05) is 24.9 Å². The summed E-state index contributed by atoms with van der Waals surface area (Å²) in [5.41, 5.74) is 2.40. The number of carbonyl (C=O) groups excluding carboxylic acids is 1. The largest absolute Gasteiger partial charge is 0.481 e. The lowest BCUT2D eigenvalue weighted by molar-refractivity contribution is -0.137. The molecule has 0 aliphatic rings. The molecule has 5 heteroatoms. The van der Waals surface area contributed by atoms with Crippen molar-refractivity contribution >= 4 is 22.8 Å². The van der Waals surface area contributed by atoms with Crippen LogP contribution in [-0.4, -0.2) is 26.4 Å². The van der Waals surface area contributed by atoms with E-state index < -0.39 is 5.97 Å². The number of benzene rings is 1. The summed E-state index contributed by atoms with van der Waals surface area (Å²) in [7, 11) is 0. The number of aryl methyl sites for hydroxylation is 2. The molecule has 0 fully saturated rings. The van der Waals surface area contributed by atoms with Gasteiger partial charge >= 0.3 is 5.97 Å². The van der Waals surface area contributed by atoms with E-state index in [9.17, 15) is 9.59 Å². The molecular formula is C15H18N2O3. The summed E-state index contributed by atoms with van der Waals surface area (Å²) in [6, 6.07) is 5.48. The lowest BCUT2D eigenvalue weighted by Gasteiger charge is -2.07. The molecule has 0 atom stereocenters. The number of hydrogen-bond donors (Lipinski definition) is 1. The maximum absolute atomic E-state index is 11.4. The summed E-state index contributed by atoms with van der Waals surface area (Å²) in [4.78, 5) is 26.5. The standard InChI is InChI=1S/C15H18N2O3/c1-3-14-16-12-9-11(10(2)18)6-7-13(12)17(14)8-4-5-15(19)20/h6-7,9H,3-5,8H2,1-2H3,(H,19,20). The quantitative estimate of drug-likeness (QED) is 0.822. The van der Waals surface area contributed by atoms with E-state index in [-0.39, 0.29) is 12.2 Å². The molecule has 2 aromatic rings. The zero-order chi connectivity index (χ0) is 14.7. The van der Waals surface area contributed by atoms with Crippen molar-refractivity contribution in [2.75, 3.05) is 0 Å². The molecular weight excluding hydrogens is 256 g/mol. The number of fused-ring (bicyclic) bond motifs is 1. The minimum Gasteiger partial charge on any atom is -0.481 e. The summed E-state index contributed by atoms with van der Waals surface area (Å²) >= 11 is 0. The molecule has 0 bridgehead atoms. The smallest absolute Gasteiger partial charge is 0.303 e. The van der Waals surface area contributed by atoms with Crippen LogP contribution < -0.4 is 0 Å². The van der Waals surface area contributed by atoms with Gasteiger partial charge in [-0.15, -0.1) is 0 Å². The highest BCUT2D eigenvalue weighted by Crippen LogP contribution is 2.19. The Balaban J connectivity index is 2.36. The lowest BCUT2D eigenvalue weighted by Crippen LogP contribution is -2.05. The summed E-state index contributed by atoms with van der Waals surface area (Å²) in [5.74, 6) is 0.155. The fourth-order valence-electron chi connectivity index (χ4n) is 2.31. The Bertz CT molecular complexity index is 658. The number of carbonyl (C=O) groups is 2. The molecule has 0 spiro atoms. The van der Waals surface area contributed by atoms with Gasteiger partial charge in [0.05, 0.1) is 11.0 Å². The Morgan fingerprint density at radius 1 is 1.35 bits per heavy atom. The van der Waals surface area contributed by atoms with Crippen LogP contribution >= 0.6 is 0 Å². The number of rotatable bonds is 6. The molecule has 0 saturated heterocycles. The number of carboxylic acids is 1. The second-order valence-electron chi connectivity index (χ2n) is 4.79. The first kappa shape index (κ1) is 14.2. The maximum atomic E-state index is 11.4. The zero-order valence-electron chi connectivity index (χ0n) is 11.7. The number of imidazole rings is 1. The van der Waals surface area contributed by atoms with Gasteiger partial charge in [-0.25, -0.2) is 4.98 Å². The van der Waals surface area contributed by atoms with Crippen LogP contribution in [0, 0.1) is 0 Å². The Kier molecular flexibility index (Phi) is 4.17. The number of ketones is 1. The van der Waals surface area contributed by atoms with Crippen LogP contribution in [0.2, 0.25) is 0 Å². The van der Waals surface area contributed by atoms with Crippen molar-refractivity contribution < 1.29 is 14.7 Å². The van der Waals surface area contributed by atoms with Gasteiger partial charge in [-0.1, -0.05) is 6.92 Å². The van der Waals surface area contributed by atoms with Crippen LogP contribution in [-0.2, 0) is 17.8 Å². The minimum absolute atomic E-state index is 0.0189. The van der Waals surface area contributed by atoms with E-state index >= 15 is 0 Å².